The highest BCUT2D eigenvalue weighted by atomic mass is 32.2. The summed E-state index contributed by atoms with van der Waals surface area (Å²) in [5.41, 5.74) is 4.20. The molecule has 170 valence electrons. The van der Waals surface area contributed by atoms with Gasteiger partial charge >= 0.3 is 0 Å². The number of benzene rings is 3. The molecule has 1 unspecified atom stereocenters. The Morgan fingerprint density at radius 3 is 2.33 bits per heavy atom. The van der Waals surface area contributed by atoms with Crippen molar-refractivity contribution >= 4 is 32.2 Å². The van der Waals surface area contributed by atoms with E-state index in [0.29, 0.717) is 4.90 Å². The maximum Gasteiger partial charge on any atom is 0.132 e. The Morgan fingerprint density at radius 1 is 0.970 bits per heavy atom. The molecule has 0 amide bonds. The number of rotatable bonds is 7. The van der Waals surface area contributed by atoms with Gasteiger partial charge in [0.2, 0.25) is 0 Å². The van der Waals surface area contributed by atoms with Crippen LogP contribution in [0.15, 0.2) is 77.8 Å². The number of hydrogen-bond acceptors (Lipinski definition) is 6. The minimum absolute atomic E-state index is 0.138. The predicted octanol–water partition coefficient (Wildman–Crippen LogP) is 5.43. The molecule has 0 aliphatic heterocycles. The Hall–Kier alpha value is -3.62. The minimum atomic E-state index is -3.41. The fourth-order valence-corrected chi connectivity index (χ4v) is 4.69. The monoisotopic (exact) mass is 462 g/mol. The quantitative estimate of drug-likeness (QED) is 0.339. The molecule has 2 atom stereocenters. The van der Waals surface area contributed by atoms with Gasteiger partial charge in [0.1, 0.15) is 21.4 Å². The molecule has 0 fully saturated rings. The SMILES string of the molecule is COc1ccc([C@@H](C)c2cc(Nc3ccnc4cc(OC)ccc34)ccc2S(=N)(N)=O)cc1. The van der Waals surface area contributed by atoms with Crippen molar-refractivity contribution in [2.45, 2.75) is 17.7 Å². The number of nitrogens with two attached hydrogens (primary N) is 1. The Kier molecular flexibility index (Phi) is 6.22. The average Bonchev–Trinajstić information content (AvgIpc) is 2.82. The number of aromatic nitrogens is 1. The largest absolute Gasteiger partial charge is 0.497 e. The molecule has 0 aliphatic rings. The van der Waals surface area contributed by atoms with E-state index in [1.54, 1.807) is 32.5 Å². The molecule has 0 spiro atoms. The zero-order valence-corrected chi connectivity index (χ0v) is 19.5. The number of ether oxygens (including phenoxy) is 2. The summed E-state index contributed by atoms with van der Waals surface area (Å²) in [6, 6.07) is 20.7. The van der Waals surface area contributed by atoms with E-state index in [1.807, 2.05) is 61.5 Å². The number of anilines is 2. The van der Waals surface area contributed by atoms with Crippen molar-refractivity contribution < 1.29 is 13.7 Å². The number of pyridine rings is 1. The van der Waals surface area contributed by atoms with Crippen LogP contribution in [0.25, 0.3) is 10.9 Å². The van der Waals surface area contributed by atoms with Crippen LogP contribution in [0.3, 0.4) is 0 Å². The van der Waals surface area contributed by atoms with Gasteiger partial charge in [0, 0.05) is 34.9 Å². The van der Waals surface area contributed by atoms with Crippen LogP contribution in [-0.2, 0) is 9.92 Å². The Balaban J connectivity index is 1.76. The highest BCUT2D eigenvalue weighted by Gasteiger charge is 2.19. The highest BCUT2D eigenvalue weighted by Crippen LogP contribution is 2.34. The van der Waals surface area contributed by atoms with Gasteiger partial charge in [-0.05, 0) is 59.7 Å². The highest BCUT2D eigenvalue weighted by molar-refractivity contribution is 7.90. The molecule has 8 heteroatoms. The molecule has 3 aromatic carbocycles. The lowest BCUT2D eigenvalue weighted by atomic mass is 9.92. The van der Waals surface area contributed by atoms with E-state index in [2.05, 4.69) is 10.3 Å². The molecule has 0 saturated carbocycles. The summed E-state index contributed by atoms with van der Waals surface area (Å²) >= 11 is 0. The number of methoxy groups -OCH3 is 2. The first kappa shape index (κ1) is 22.6. The van der Waals surface area contributed by atoms with Gasteiger partial charge in [-0.1, -0.05) is 19.1 Å². The summed E-state index contributed by atoms with van der Waals surface area (Å²) < 4.78 is 31.1. The normalized spacial score (nSPS) is 13.8. The first-order chi connectivity index (χ1) is 15.8. The van der Waals surface area contributed by atoms with Crippen molar-refractivity contribution in [2.24, 2.45) is 5.14 Å². The van der Waals surface area contributed by atoms with Crippen LogP contribution >= 0.6 is 0 Å². The molecule has 0 aliphatic carbocycles. The van der Waals surface area contributed by atoms with Crippen LogP contribution in [0.1, 0.15) is 24.0 Å². The molecule has 4 N–H and O–H groups in total. The summed E-state index contributed by atoms with van der Waals surface area (Å²) in [4.78, 5) is 4.75. The van der Waals surface area contributed by atoms with E-state index < -0.39 is 9.92 Å². The van der Waals surface area contributed by atoms with E-state index in [4.69, 9.17) is 19.4 Å². The molecule has 4 rings (SSSR count). The number of nitrogens with one attached hydrogen (secondary N) is 2. The zero-order valence-electron chi connectivity index (χ0n) is 18.7. The molecule has 4 aromatic rings. The van der Waals surface area contributed by atoms with Crippen LogP contribution in [0.4, 0.5) is 11.4 Å². The average molecular weight is 463 g/mol. The summed E-state index contributed by atoms with van der Waals surface area (Å²) in [5.74, 6) is 1.35. The smallest absolute Gasteiger partial charge is 0.132 e. The van der Waals surface area contributed by atoms with E-state index in [1.165, 1.54) is 0 Å². The van der Waals surface area contributed by atoms with Gasteiger partial charge in [0.05, 0.1) is 24.6 Å². The van der Waals surface area contributed by atoms with Gasteiger partial charge in [-0.25, -0.2) is 14.1 Å². The number of hydrogen-bond donors (Lipinski definition) is 3. The first-order valence-corrected chi connectivity index (χ1v) is 12.0. The molecular formula is C25H26N4O3S. The van der Waals surface area contributed by atoms with E-state index >= 15 is 0 Å². The number of fused-ring (bicyclic) bond motifs is 1. The van der Waals surface area contributed by atoms with E-state index in [9.17, 15) is 4.21 Å². The van der Waals surface area contributed by atoms with Gasteiger partial charge in [-0.3, -0.25) is 4.98 Å². The maximum atomic E-state index is 12.5. The van der Waals surface area contributed by atoms with E-state index in [0.717, 1.165) is 44.9 Å². The lowest BCUT2D eigenvalue weighted by Crippen LogP contribution is -2.14. The van der Waals surface area contributed by atoms with Crippen molar-refractivity contribution in [1.29, 1.82) is 4.78 Å². The standard InChI is InChI=1S/C25H26N4O3S/c1-16(17-4-7-19(31-2)8-5-17)22-14-18(6-11-25(22)33(26,27)30)29-23-12-13-28-24-15-20(32-3)9-10-21(23)24/h4-16H,1-3H3,(H,28,29)(H3,26,27,30)/t16-/m1/s1. The van der Waals surface area contributed by atoms with Crippen LogP contribution in [0, 0.1) is 4.78 Å². The lowest BCUT2D eigenvalue weighted by Gasteiger charge is -2.19. The summed E-state index contributed by atoms with van der Waals surface area (Å²) in [6.07, 6.45) is 1.73. The summed E-state index contributed by atoms with van der Waals surface area (Å²) in [5, 5.41) is 10.1. The molecule has 33 heavy (non-hydrogen) atoms. The molecule has 7 nitrogen and oxygen atoms in total. The third kappa shape index (κ3) is 4.76. The second kappa shape index (κ2) is 9.09. The van der Waals surface area contributed by atoms with Gasteiger partial charge < -0.3 is 14.8 Å². The van der Waals surface area contributed by atoms with Crippen molar-refractivity contribution in [1.82, 2.24) is 4.98 Å². The van der Waals surface area contributed by atoms with E-state index in [-0.39, 0.29) is 5.92 Å². The van der Waals surface area contributed by atoms with Crippen LogP contribution in [0.5, 0.6) is 11.5 Å². The second-order valence-electron chi connectivity index (χ2n) is 7.71. The Bertz CT molecular complexity index is 1400. The van der Waals surface area contributed by atoms with Crippen molar-refractivity contribution in [2.75, 3.05) is 19.5 Å². The maximum absolute atomic E-state index is 12.5. The Morgan fingerprint density at radius 2 is 1.67 bits per heavy atom. The number of nitrogens with zero attached hydrogens (tertiary/aromatic N) is 1. The molecule has 0 saturated heterocycles. The summed E-state index contributed by atoms with van der Waals surface area (Å²) in [6.45, 7) is 2.00. The van der Waals surface area contributed by atoms with Crippen LogP contribution in [0.2, 0.25) is 0 Å². The lowest BCUT2D eigenvalue weighted by molar-refractivity contribution is 0.414. The van der Waals surface area contributed by atoms with Gasteiger partial charge in [0.15, 0.2) is 0 Å². The topological polar surface area (TPSA) is 110 Å². The zero-order chi connectivity index (χ0) is 23.6. The fourth-order valence-electron chi connectivity index (χ4n) is 3.83. The fraction of sp³-hybridized carbons (Fsp3) is 0.160. The minimum Gasteiger partial charge on any atom is -0.497 e. The van der Waals surface area contributed by atoms with Gasteiger partial charge in [0.25, 0.3) is 0 Å². The second-order valence-corrected chi connectivity index (χ2v) is 9.36. The summed E-state index contributed by atoms with van der Waals surface area (Å²) in [7, 11) is -0.165. The predicted molar refractivity (Wildman–Crippen MR) is 132 cm³/mol. The van der Waals surface area contributed by atoms with Gasteiger partial charge in [-0.15, -0.1) is 0 Å². The molecule has 1 heterocycles. The van der Waals surface area contributed by atoms with Crippen molar-refractivity contribution in [3.63, 3.8) is 0 Å². The van der Waals surface area contributed by atoms with Crippen LogP contribution in [-0.4, -0.2) is 23.4 Å². The third-order valence-electron chi connectivity index (χ3n) is 5.65. The Labute approximate surface area is 193 Å². The van der Waals surface area contributed by atoms with Crippen LogP contribution < -0.4 is 19.9 Å². The first-order valence-electron chi connectivity index (χ1n) is 10.3. The molecule has 0 radical (unpaired) electrons. The molecular weight excluding hydrogens is 436 g/mol. The van der Waals surface area contributed by atoms with Crippen molar-refractivity contribution in [3.05, 3.63) is 84.1 Å². The third-order valence-corrected chi connectivity index (χ3v) is 6.67. The van der Waals surface area contributed by atoms with Gasteiger partial charge in [-0.2, -0.15) is 0 Å². The van der Waals surface area contributed by atoms with Crippen molar-refractivity contribution in [3.8, 4) is 11.5 Å². The molecule has 1 aromatic heterocycles. The molecule has 0 bridgehead atoms.